The second-order valence-electron chi connectivity index (χ2n) is 16.3. The minimum Gasteiger partial charge on any atom is -0.370 e. The van der Waals surface area contributed by atoms with Crippen molar-refractivity contribution in [2.75, 3.05) is 33.0 Å². The van der Waals surface area contributed by atoms with Gasteiger partial charge in [0.1, 0.15) is 6.10 Å². The van der Waals surface area contributed by atoms with Crippen LogP contribution in [0.15, 0.2) is 0 Å². The van der Waals surface area contributed by atoms with Crippen LogP contribution in [0.5, 0.6) is 0 Å². The van der Waals surface area contributed by atoms with E-state index in [9.17, 15) is 0 Å². The number of hydrogen-bond donors (Lipinski definition) is 0. The van der Waals surface area contributed by atoms with Gasteiger partial charge in [-0.3, -0.25) is 0 Å². The van der Waals surface area contributed by atoms with E-state index >= 15 is 0 Å². The number of hydrogen-bond acceptors (Lipinski definition) is 8. The predicted molar refractivity (Wildman–Crippen MR) is 207 cm³/mol. The molecule has 0 fully saturated rings. The van der Waals surface area contributed by atoms with Gasteiger partial charge in [-0.25, -0.2) is 0 Å². The average molecular weight is 719 g/mol. The summed E-state index contributed by atoms with van der Waals surface area (Å²) in [6, 6.07) is 0. The lowest BCUT2D eigenvalue weighted by atomic mass is 9.90. The van der Waals surface area contributed by atoms with E-state index in [1.54, 1.807) is 0 Å². The highest BCUT2D eigenvalue weighted by Gasteiger charge is 2.76. The van der Waals surface area contributed by atoms with Crippen LogP contribution in [0.25, 0.3) is 0 Å². The molecule has 0 saturated carbocycles. The predicted octanol–water partition coefficient (Wildman–Crippen LogP) is 11.6. The molecule has 0 amide bonds. The Kier molecular flexibility index (Phi) is 26.3. The van der Waals surface area contributed by atoms with Crippen molar-refractivity contribution in [3.63, 3.8) is 0 Å². The second kappa shape index (κ2) is 26.5. The van der Waals surface area contributed by atoms with E-state index < -0.39 is 29.3 Å². The Morgan fingerprint density at radius 2 is 1.06 bits per heavy atom. The van der Waals surface area contributed by atoms with Crippen molar-refractivity contribution in [3.05, 3.63) is 0 Å². The molecule has 50 heavy (non-hydrogen) atoms. The molecule has 8 heteroatoms. The minimum atomic E-state index is -1.88. The van der Waals surface area contributed by atoms with Gasteiger partial charge >= 0.3 is 11.8 Å². The molecule has 0 aromatic rings. The van der Waals surface area contributed by atoms with Gasteiger partial charge in [0.15, 0.2) is 0 Å². The van der Waals surface area contributed by atoms with E-state index in [1.807, 2.05) is 20.8 Å². The van der Waals surface area contributed by atoms with Crippen LogP contribution in [0, 0.1) is 11.8 Å². The molecule has 8 nitrogen and oxygen atoms in total. The lowest BCUT2D eigenvalue weighted by Crippen LogP contribution is -2.80. The summed E-state index contributed by atoms with van der Waals surface area (Å²) in [7, 11) is 0. The van der Waals surface area contributed by atoms with Crippen LogP contribution < -0.4 is 0 Å². The van der Waals surface area contributed by atoms with Crippen LogP contribution in [-0.2, 0) is 37.9 Å². The Balaban J connectivity index is 8.55. The molecule has 0 saturated heterocycles. The molecule has 0 aliphatic heterocycles. The summed E-state index contributed by atoms with van der Waals surface area (Å²) in [5.74, 6) is -4.80. The van der Waals surface area contributed by atoms with E-state index in [0.717, 1.165) is 70.6 Å². The zero-order valence-corrected chi connectivity index (χ0v) is 35.9. The molecule has 302 valence electrons. The summed E-state index contributed by atoms with van der Waals surface area (Å²) >= 11 is 0. The third-order valence-corrected chi connectivity index (χ3v) is 8.43. The molecule has 0 bridgehead atoms. The maximum absolute atomic E-state index is 7.47. The third kappa shape index (κ3) is 17.2. The molecule has 0 aliphatic carbocycles. The Morgan fingerprint density at radius 1 is 0.520 bits per heavy atom. The summed E-state index contributed by atoms with van der Waals surface area (Å²) in [4.78, 5) is 0. The van der Waals surface area contributed by atoms with Crippen LogP contribution in [0.4, 0.5) is 0 Å². The van der Waals surface area contributed by atoms with Crippen LogP contribution in [0.2, 0.25) is 0 Å². The quantitative estimate of drug-likeness (QED) is 0.0490. The first-order valence-corrected chi connectivity index (χ1v) is 20.8. The molecule has 0 spiro atoms. The molecule has 0 heterocycles. The van der Waals surface area contributed by atoms with Gasteiger partial charge in [0.25, 0.3) is 5.79 Å². The highest BCUT2D eigenvalue weighted by molar-refractivity contribution is 5.05. The topological polar surface area (TPSA) is 73.8 Å². The normalized spacial score (nSPS) is 17.6. The van der Waals surface area contributed by atoms with Crippen molar-refractivity contribution < 1.29 is 37.9 Å². The summed E-state index contributed by atoms with van der Waals surface area (Å²) in [5.41, 5.74) is -0.770. The van der Waals surface area contributed by atoms with Gasteiger partial charge < -0.3 is 37.9 Å². The highest BCUT2D eigenvalue weighted by Crippen LogP contribution is 2.52. The number of ether oxygens (including phenoxy) is 8. The van der Waals surface area contributed by atoms with Crippen LogP contribution >= 0.6 is 0 Å². The van der Waals surface area contributed by atoms with Gasteiger partial charge in [0.2, 0.25) is 0 Å². The van der Waals surface area contributed by atoms with Gasteiger partial charge in [0, 0.05) is 0 Å². The van der Waals surface area contributed by atoms with Gasteiger partial charge in [-0.15, -0.1) is 0 Å². The van der Waals surface area contributed by atoms with Crippen molar-refractivity contribution in [2.45, 2.75) is 229 Å². The lowest BCUT2D eigenvalue weighted by Gasteiger charge is -2.59. The van der Waals surface area contributed by atoms with Crippen molar-refractivity contribution in [1.82, 2.24) is 0 Å². The number of unbranched alkanes of at least 4 members (excludes halogenated alkanes) is 6. The molecule has 0 radical (unpaired) electrons. The van der Waals surface area contributed by atoms with Gasteiger partial charge in [-0.1, -0.05) is 107 Å². The van der Waals surface area contributed by atoms with E-state index in [4.69, 9.17) is 37.9 Å². The fourth-order valence-corrected chi connectivity index (χ4v) is 5.68. The lowest BCUT2D eigenvalue weighted by molar-refractivity contribution is -0.575. The zero-order valence-electron chi connectivity index (χ0n) is 35.9. The second-order valence-corrected chi connectivity index (χ2v) is 16.3. The molecule has 0 aromatic carbocycles. The highest BCUT2D eigenvalue weighted by atomic mass is 16.9. The molecular weight excluding hydrogens is 632 g/mol. The van der Waals surface area contributed by atoms with Crippen molar-refractivity contribution in [1.29, 1.82) is 0 Å². The van der Waals surface area contributed by atoms with Crippen molar-refractivity contribution >= 4 is 0 Å². The molecule has 0 aliphatic rings. The summed E-state index contributed by atoms with van der Waals surface area (Å²) in [6.07, 6.45) is 10.7. The summed E-state index contributed by atoms with van der Waals surface area (Å²) < 4.78 is 57.7. The van der Waals surface area contributed by atoms with E-state index in [0.29, 0.717) is 51.8 Å². The van der Waals surface area contributed by atoms with Gasteiger partial charge in [-0.05, 0) is 91.9 Å². The van der Waals surface area contributed by atoms with E-state index in [2.05, 4.69) is 83.1 Å². The fourth-order valence-electron chi connectivity index (χ4n) is 5.68. The Morgan fingerprint density at radius 3 is 1.54 bits per heavy atom. The zero-order chi connectivity index (χ0) is 38.3. The van der Waals surface area contributed by atoms with Crippen molar-refractivity contribution in [3.8, 4) is 0 Å². The van der Waals surface area contributed by atoms with Crippen LogP contribution in [0.3, 0.4) is 0 Å². The van der Waals surface area contributed by atoms with E-state index in [1.165, 1.54) is 0 Å². The smallest absolute Gasteiger partial charge is 0.346 e. The van der Waals surface area contributed by atoms with Gasteiger partial charge in [-0.2, -0.15) is 0 Å². The number of rotatable bonds is 33. The molecular formula is C42H86O8. The largest absolute Gasteiger partial charge is 0.370 e. The van der Waals surface area contributed by atoms with E-state index in [-0.39, 0.29) is 18.1 Å². The SMILES string of the molecule is CCCCCCOC(OCCCCC)(OCCC(C)C)C(OC(C)CC)(OC(C)(C)C)C(OCCCC)(OCC(C)C)C(CCC)OC(C)C. The summed E-state index contributed by atoms with van der Waals surface area (Å²) in [6.45, 7) is 33.8. The molecule has 0 aromatic heterocycles. The average Bonchev–Trinajstić information content (AvgIpc) is 3.02. The Labute approximate surface area is 311 Å². The molecule has 5 atom stereocenters. The molecule has 0 N–H and O–H groups in total. The minimum absolute atomic E-state index is 0.129. The fraction of sp³-hybridized carbons (Fsp3) is 1.00. The first-order chi connectivity index (χ1) is 23.6. The van der Waals surface area contributed by atoms with Gasteiger partial charge in [0.05, 0.1) is 50.8 Å². The Bertz CT molecular complexity index is 799. The van der Waals surface area contributed by atoms with Crippen LogP contribution in [-0.4, -0.2) is 74.5 Å². The Hall–Kier alpha value is -0.320. The maximum atomic E-state index is 7.47. The maximum Gasteiger partial charge on any atom is 0.346 e. The summed E-state index contributed by atoms with van der Waals surface area (Å²) in [5, 5.41) is 0. The standard InChI is InChI=1S/C42H86O8/c1-16-21-24-26-31-45-42(44-30-25-22-17-2,46-32-28-34(6)7)41(49-37(12)20-5,50-39(13,14)15)40(43-29-23-18-3,47-33-35(8)9)38(27-19-4)48-36(10)11/h34-38H,16-33H2,1-15H3. The first kappa shape index (κ1) is 49.7. The molecule has 0 rings (SSSR count). The third-order valence-electron chi connectivity index (χ3n) is 8.43. The first-order valence-electron chi connectivity index (χ1n) is 20.8. The van der Waals surface area contributed by atoms with Crippen LogP contribution in [0.1, 0.15) is 187 Å². The monoisotopic (exact) mass is 719 g/mol. The molecule has 5 unspecified atom stereocenters. The van der Waals surface area contributed by atoms with Crippen molar-refractivity contribution in [2.24, 2.45) is 11.8 Å².